The Morgan fingerprint density at radius 3 is 2.31 bits per heavy atom. The van der Waals surface area contributed by atoms with Crippen molar-refractivity contribution in [3.8, 4) is 5.75 Å². The fourth-order valence-corrected chi connectivity index (χ4v) is 3.32. The van der Waals surface area contributed by atoms with Crippen LogP contribution >= 0.6 is 0 Å². The van der Waals surface area contributed by atoms with Crippen molar-refractivity contribution in [2.45, 2.75) is 25.6 Å². The predicted molar refractivity (Wildman–Crippen MR) is 90.0 cm³/mol. The molecule has 1 aromatic heterocycles. The van der Waals surface area contributed by atoms with Crippen molar-refractivity contribution in [3.63, 3.8) is 0 Å². The zero-order valence-corrected chi connectivity index (χ0v) is 14.5. The van der Waals surface area contributed by atoms with Crippen LogP contribution in [0.4, 0.5) is 19.0 Å². The molecule has 3 rings (SSSR count). The Morgan fingerprint density at radius 1 is 1.04 bits per heavy atom. The smallest absolute Gasteiger partial charge is 0.404 e. The fourth-order valence-electron chi connectivity index (χ4n) is 3.32. The van der Waals surface area contributed by atoms with Crippen LogP contribution in [-0.4, -0.2) is 72.9 Å². The largest absolute Gasteiger partial charge is 0.573 e. The molecule has 6 nitrogen and oxygen atoms in total. The molecule has 2 aliphatic heterocycles. The van der Waals surface area contributed by atoms with Crippen molar-refractivity contribution >= 4 is 11.7 Å². The van der Waals surface area contributed by atoms with E-state index in [0.29, 0.717) is 25.5 Å². The van der Waals surface area contributed by atoms with Crippen LogP contribution in [0.1, 0.15) is 19.3 Å². The Hall–Kier alpha value is -2.03. The highest BCUT2D eigenvalue weighted by Gasteiger charge is 2.31. The molecule has 0 aromatic carbocycles. The van der Waals surface area contributed by atoms with Gasteiger partial charge in [-0.3, -0.25) is 9.69 Å². The van der Waals surface area contributed by atoms with Gasteiger partial charge in [0, 0.05) is 39.3 Å². The number of piperidine rings is 1. The molecule has 3 heterocycles. The number of hydrogen-bond acceptors (Lipinski definition) is 5. The summed E-state index contributed by atoms with van der Waals surface area (Å²) in [6.45, 7) is 4.95. The van der Waals surface area contributed by atoms with Crippen LogP contribution in [0.2, 0.25) is 0 Å². The normalized spacial score (nSPS) is 19.5. The lowest BCUT2D eigenvalue weighted by Crippen LogP contribution is -2.50. The Labute approximate surface area is 150 Å². The van der Waals surface area contributed by atoms with Crippen molar-refractivity contribution in [2.75, 3.05) is 50.7 Å². The number of anilines is 1. The van der Waals surface area contributed by atoms with Gasteiger partial charge in [-0.15, -0.1) is 13.2 Å². The van der Waals surface area contributed by atoms with Gasteiger partial charge in [0.1, 0.15) is 11.6 Å². The number of amides is 1. The number of nitrogens with zero attached hydrogens (tertiary/aromatic N) is 4. The SMILES string of the molecule is O=C(CN1CCN(c2ccc(OC(F)(F)F)cn2)CC1)N1CCCCC1. The average Bonchev–Trinajstić information content (AvgIpc) is 2.62. The van der Waals surface area contributed by atoms with E-state index in [0.717, 1.165) is 45.2 Å². The highest BCUT2D eigenvalue weighted by molar-refractivity contribution is 5.78. The molecule has 1 aromatic rings. The van der Waals surface area contributed by atoms with E-state index in [1.165, 1.54) is 18.6 Å². The molecule has 2 aliphatic rings. The zero-order chi connectivity index (χ0) is 18.6. The number of pyridine rings is 1. The summed E-state index contributed by atoms with van der Waals surface area (Å²) < 4.78 is 40.4. The monoisotopic (exact) mass is 372 g/mol. The highest BCUT2D eigenvalue weighted by atomic mass is 19.4. The van der Waals surface area contributed by atoms with E-state index in [9.17, 15) is 18.0 Å². The molecule has 0 radical (unpaired) electrons. The molecule has 0 saturated carbocycles. The molecule has 0 unspecified atom stereocenters. The van der Waals surface area contributed by atoms with Gasteiger partial charge in [0.15, 0.2) is 0 Å². The molecule has 0 spiro atoms. The van der Waals surface area contributed by atoms with E-state index in [4.69, 9.17) is 0 Å². The Morgan fingerprint density at radius 2 is 1.73 bits per heavy atom. The number of ether oxygens (including phenoxy) is 1. The molecule has 0 N–H and O–H groups in total. The molecule has 0 atom stereocenters. The Balaban J connectivity index is 1.46. The van der Waals surface area contributed by atoms with Gasteiger partial charge in [0.05, 0.1) is 12.7 Å². The summed E-state index contributed by atoms with van der Waals surface area (Å²) in [6, 6.07) is 2.79. The summed E-state index contributed by atoms with van der Waals surface area (Å²) in [6.07, 6.45) is -0.272. The number of rotatable bonds is 4. The van der Waals surface area contributed by atoms with Crippen LogP contribution in [0.25, 0.3) is 0 Å². The minimum Gasteiger partial charge on any atom is -0.404 e. The summed E-state index contributed by atoms with van der Waals surface area (Å²) in [5.41, 5.74) is 0. The zero-order valence-electron chi connectivity index (χ0n) is 14.5. The first kappa shape index (κ1) is 18.8. The minimum atomic E-state index is -4.71. The van der Waals surface area contributed by atoms with Gasteiger partial charge in [-0.25, -0.2) is 4.98 Å². The van der Waals surface area contributed by atoms with Gasteiger partial charge in [-0.1, -0.05) is 0 Å². The first-order valence-corrected chi connectivity index (χ1v) is 8.87. The number of hydrogen-bond donors (Lipinski definition) is 0. The van der Waals surface area contributed by atoms with Gasteiger partial charge >= 0.3 is 6.36 Å². The third-order valence-electron chi connectivity index (χ3n) is 4.72. The van der Waals surface area contributed by atoms with Gasteiger partial charge < -0.3 is 14.5 Å². The molecule has 2 saturated heterocycles. The fraction of sp³-hybridized carbons (Fsp3) is 0.647. The lowest BCUT2D eigenvalue weighted by Gasteiger charge is -2.36. The maximum absolute atomic E-state index is 12.3. The number of aromatic nitrogens is 1. The van der Waals surface area contributed by atoms with Crippen molar-refractivity contribution in [2.24, 2.45) is 0 Å². The summed E-state index contributed by atoms with van der Waals surface area (Å²) >= 11 is 0. The minimum absolute atomic E-state index is 0.185. The summed E-state index contributed by atoms with van der Waals surface area (Å²) in [5.74, 6) is 0.471. The molecule has 26 heavy (non-hydrogen) atoms. The summed E-state index contributed by atoms with van der Waals surface area (Å²) in [4.78, 5) is 22.4. The van der Waals surface area contributed by atoms with Crippen molar-refractivity contribution in [1.29, 1.82) is 0 Å². The van der Waals surface area contributed by atoms with E-state index in [2.05, 4.69) is 14.6 Å². The van der Waals surface area contributed by atoms with Crippen molar-refractivity contribution in [3.05, 3.63) is 18.3 Å². The third-order valence-corrected chi connectivity index (χ3v) is 4.72. The topological polar surface area (TPSA) is 48.9 Å². The third kappa shape index (κ3) is 5.23. The van der Waals surface area contributed by atoms with Crippen LogP contribution in [0, 0.1) is 0 Å². The Bertz CT molecular complexity index is 595. The molecular formula is C17H23F3N4O2. The van der Waals surface area contributed by atoms with Gasteiger partial charge in [0.25, 0.3) is 0 Å². The number of halogens is 3. The molecule has 9 heteroatoms. The second-order valence-corrected chi connectivity index (χ2v) is 6.60. The van der Waals surface area contributed by atoms with Crippen LogP contribution < -0.4 is 9.64 Å². The first-order valence-electron chi connectivity index (χ1n) is 8.87. The van der Waals surface area contributed by atoms with E-state index >= 15 is 0 Å². The number of carbonyl (C=O) groups is 1. The maximum atomic E-state index is 12.3. The predicted octanol–water partition coefficient (Wildman–Crippen LogP) is 2.11. The van der Waals surface area contributed by atoms with Crippen molar-refractivity contribution in [1.82, 2.24) is 14.8 Å². The lowest BCUT2D eigenvalue weighted by molar-refractivity contribution is -0.274. The summed E-state index contributed by atoms with van der Waals surface area (Å²) in [7, 11) is 0. The standard InChI is InChI=1S/C17H23F3N4O2/c18-17(19,20)26-14-4-5-15(21-12-14)23-10-8-22(9-11-23)13-16(25)24-6-2-1-3-7-24/h4-5,12H,1-3,6-11,13H2. The highest BCUT2D eigenvalue weighted by Crippen LogP contribution is 2.24. The summed E-state index contributed by atoms with van der Waals surface area (Å²) in [5, 5.41) is 0. The van der Waals surface area contributed by atoms with Gasteiger partial charge in [-0.2, -0.15) is 0 Å². The number of carbonyl (C=O) groups excluding carboxylic acids is 1. The lowest BCUT2D eigenvalue weighted by atomic mass is 10.1. The van der Waals surface area contributed by atoms with E-state index in [1.807, 2.05) is 9.80 Å². The van der Waals surface area contributed by atoms with Crippen LogP contribution in [0.3, 0.4) is 0 Å². The second kappa shape index (κ2) is 8.11. The number of alkyl halides is 3. The molecule has 144 valence electrons. The van der Waals surface area contributed by atoms with Gasteiger partial charge in [-0.05, 0) is 31.4 Å². The quantitative estimate of drug-likeness (QED) is 0.810. The van der Waals surface area contributed by atoms with Gasteiger partial charge in [0.2, 0.25) is 5.91 Å². The van der Waals surface area contributed by atoms with Crippen LogP contribution in [0.5, 0.6) is 5.75 Å². The molecule has 1 amide bonds. The first-order chi connectivity index (χ1) is 12.4. The average molecular weight is 372 g/mol. The number of piperazine rings is 1. The van der Waals surface area contributed by atoms with Crippen molar-refractivity contribution < 1.29 is 22.7 Å². The number of likely N-dealkylation sites (tertiary alicyclic amines) is 1. The molecule has 0 bridgehead atoms. The second-order valence-electron chi connectivity index (χ2n) is 6.60. The van der Waals surface area contributed by atoms with E-state index in [1.54, 1.807) is 0 Å². The molecule has 2 fully saturated rings. The Kier molecular flexibility index (Phi) is 5.85. The van der Waals surface area contributed by atoms with E-state index < -0.39 is 6.36 Å². The maximum Gasteiger partial charge on any atom is 0.573 e. The van der Waals surface area contributed by atoms with E-state index in [-0.39, 0.29) is 11.7 Å². The van der Waals surface area contributed by atoms with Crippen LogP contribution in [0.15, 0.2) is 18.3 Å². The molecular weight excluding hydrogens is 349 g/mol. The van der Waals surface area contributed by atoms with Crippen LogP contribution in [-0.2, 0) is 4.79 Å². The molecule has 0 aliphatic carbocycles.